The van der Waals surface area contributed by atoms with Gasteiger partial charge in [-0.2, -0.15) is 0 Å². The van der Waals surface area contributed by atoms with E-state index in [9.17, 15) is 4.79 Å². The molecule has 2 aliphatic rings. The molecule has 0 aliphatic carbocycles. The van der Waals surface area contributed by atoms with Gasteiger partial charge in [-0.05, 0) is 25.5 Å². The number of carbonyl (C=O) groups is 1. The van der Waals surface area contributed by atoms with Gasteiger partial charge in [0.25, 0.3) is 0 Å². The molecule has 0 unspecified atom stereocenters. The van der Waals surface area contributed by atoms with Crippen molar-refractivity contribution < 1.29 is 19.0 Å². The lowest BCUT2D eigenvalue weighted by Gasteiger charge is -2.25. The molecule has 0 bridgehead atoms. The largest absolute Gasteiger partial charge is 0.457 e. The van der Waals surface area contributed by atoms with E-state index < -0.39 is 0 Å². The number of hydrogen-bond donors (Lipinski definition) is 0. The second-order valence-electron chi connectivity index (χ2n) is 5.20. The zero-order chi connectivity index (χ0) is 14.6. The van der Waals surface area contributed by atoms with E-state index in [1.165, 1.54) is 0 Å². The minimum absolute atomic E-state index is 0.268. The van der Waals surface area contributed by atoms with Crippen LogP contribution in [0.5, 0.6) is 23.0 Å². The lowest BCUT2D eigenvalue weighted by Crippen LogP contribution is -2.09. The van der Waals surface area contributed by atoms with E-state index in [0.717, 1.165) is 16.7 Å². The molecule has 106 valence electrons. The Kier molecular flexibility index (Phi) is 2.48. The molecule has 0 N–H and O–H groups in total. The second kappa shape index (κ2) is 4.25. The molecule has 2 aromatic rings. The summed E-state index contributed by atoms with van der Waals surface area (Å²) in [4.78, 5) is 12.0. The van der Waals surface area contributed by atoms with Crippen molar-refractivity contribution in [2.45, 2.75) is 26.9 Å². The third-order valence-corrected chi connectivity index (χ3v) is 4.06. The van der Waals surface area contributed by atoms with Crippen molar-refractivity contribution in [3.8, 4) is 23.0 Å². The van der Waals surface area contributed by atoms with Crippen LogP contribution in [0.2, 0.25) is 0 Å². The number of cyclic esters (lactones) is 1. The van der Waals surface area contributed by atoms with Crippen LogP contribution in [0.25, 0.3) is 0 Å². The molecule has 4 nitrogen and oxygen atoms in total. The number of fused-ring (bicyclic) bond motifs is 3. The maximum atomic E-state index is 12.0. The fraction of sp³-hybridized carbons (Fsp3) is 0.235. The Balaban J connectivity index is 1.99. The first-order valence-corrected chi connectivity index (χ1v) is 7.00. The fourth-order valence-corrected chi connectivity index (χ4v) is 2.97. The standard InChI is InChI=1S/C17H14O4/c1-3-10-14-11(8-19-17(14)18)9(2)15-16(10)21-13-7-5-4-6-12(13)20-15/h4-7H,3,8H2,1-2H3. The first-order chi connectivity index (χ1) is 10.2. The molecule has 0 aromatic heterocycles. The Morgan fingerprint density at radius 3 is 2.43 bits per heavy atom. The Bertz CT molecular complexity index is 777. The Hall–Kier alpha value is -2.49. The van der Waals surface area contributed by atoms with Gasteiger partial charge in [-0.1, -0.05) is 19.1 Å². The Morgan fingerprint density at radius 2 is 1.76 bits per heavy atom. The SMILES string of the molecule is CCc1c2c(c(C)c3c1C(=O)OC3)Oc1ccccc1O2. The zero-order valence-corrected chi connectivity index (χ0v) is 11.9. The molecule has 2 aromatic carbocycles. The summed E-state index contributed by atoms with van der Waals surface area (Å²) in [6, 6.07) is 7.54. The smallest absolute Gasteiger partial charge is 0.339 e. The van der Waals surface area contributed by atoms with Crippen molar-refractivity contribution in [2.75, 3.05) is 0 Å². The first-order valence-electron chi connectivity index (χ1n) is 7.00. The maximum Gasteiger partial charge on any atom is 0.339 e. The molecular weight excluding hydrogens is 268 g/mol. The van der Waals surface area contributed by atoms with Crippen LogP contribution in [0, 0.1) is 6.92 Å². The average molecular weight is 282 g/mol. The van der Waals surface area contributed by atoms with Crippen LogP contribution in [0.1, 0.15) is 34.0 Å². The monoisotopic (exact) mass is 282 g/mol. The predicted octanol–water partition coefficient (Wildman–Crippen LogP) is 4.13. The minimum atomic E-state index is -0.268. The van der Waals surface area contributed by atoms with Gasteiger partial charge >= 0.3 is 5.97 Å². The van der Waals surface area contributed by atoms with Gasteiger partial charge in [0.1, 0.15) is 6.61 Å². The number of hydrogen-bond acceptors (Lipinski definition) is 4. The van der Waals surface area contributed by atoms with Crippen LogP contribution in [0.3, 0.4) is 0 Å². The molecule has 2 heterocycles. The summed E-state index contributed by atoms with van der Waals surface area (Å²) in [5.74, 6) is 2.44. The molecule has 4 heteroatoms. The van der Waals surface area contributed by atoms with Crippen molar-refractivity contribution in [3.63, 3.8) is 0 Å². The lowest BCUT2D eigenvalue weighted by molar-refractivity contribution is 0.0534. The molecule has 21 heavy (non-hydrogen) atoms. The van der Waals surface area contributed by atoms with Crippen molar-refractivity contribution in [1.29, 1.82) is 0 Å². The van der Waals surface area contributed by atoms with Gasteiger partial charge in [0.15, 0.2) is 23.0 Å². The molecule has 0 saturated carbocycles. The van der Waals surface area contributed by atoms with E-state index in [4.69, 9.17) is 14.2 Å². The molecule has 0 fully saturated rings. The molecule has 0 saturated heterocycles. The first kappa shape index (κ1) is 12.3. The highest BCUT2D eigenvalue weighted by Crippen LogP contribution is 2.51. The molecule has 4 rings (SSSR count). The summed E-state index contributed by atoms with van der Waals surface area (Å²) in [6.45, 7) is 4.25. The fourth-order valence-electron chi connectivity index (χ4n) is 2.97. The highest BCUT2D eigenvalue weighted by molar-refractivity contribution is 5.97. The van der Waals surface area contributed by atoms with Gasteiger partial charge in [0.05, 0.1) is 5.56 Å². The summed E-state index contributed by atoms with van der Waals surface area (Å²) >= 11 is 0. The van der Waals surface area contributed by atoms with Gasteiger partial charge in [-0.25, -0.2) is 4.79 Å². The zero-order valence-electron chi connectivity index (χ0n) is 11.9. The van der Waals surface area contributed by atoms with Crippen molar-refractivity contribution >= 4 is 5.97 Å². The van der Waals surface area contributed by atoms with Crippen molar-refractivity contribution in [1.82, 2.24) is 0 Å². The summed E-state index contributed by atoms with van der Waals surface area (Å²) < 4.78 is 17.2. The van der Waals surface area contributed by atoms with E-state index in [1.54, 1.807) is 0 Å². The van der Waals surface area contributed by atoms with Gasteiger partial charge in [-0.3, -0.25) is 0 Å². The van der Waals surface area contributed by atoms with Crippen LogP contribution in [-0.2, 0) is 17.8 Å². The Morgan fingerprint density at radius 1 is 1.10 bits per heavy atom. The van der Waals surface area contributed by atoms with E-state index in [2.05, 4.69) is 0 Å². The summed E-state index contributed by atoms with van der Waals surface area (Å²) in [6.07, 6.45) is 0.686. The summed E-state index contributed by atoms with van der Waals surface area (Å²) in [7, 11) is 0. The van der Waals surface area contributed by atoms with E-state index in [0.29, 0.717) is 41.6 Å². The topological polar surface area (TPSA) is 44.8 Å². The van der Waals surface area contributed by atoms with Crippen LogP contribution >= 0.6 is 0 Å². The molecule has 2 aliphatic heterocycles. The predicted molar refractivity (Wildman–Crippen MR) is 76.3 cm³/mol. The number of carbonyl (C=O) groups excluding carboxylic acids is 1. The van der Waals surface area contributed by atoms with Crippen LogP contribution in [0.4, 0.5) is 0 Å². The lowest BCUT2D eigenvalue weighted by atomic mass is 9.94. The van der Waals surface area contributed by atoms with Gasteiger partial charge < -0.3 is 14.2 Å². The minimum Gasteiger partial charge on any atom is -0.457 e. The van der Waals surface area contributed by atoms with Crippen LogP contribution in [-0.4, -0.2) is 5.97 Å². The number of ether oxygens (including phenoxy) is 3. The van der Waals surface area contributed by atoms with E-state index >= 15 is 0 Å². The normalized spacial score (nSPS) is 14.5. The van der Waals surface area contributed by atoms with Crippen molar-refractivity contribution in [2.24, 2.45) is 0 Å². The van der Waals surface area contributed by atoms with E-state index in [1.807, 2.05) is 38.1 Å². The van der Waals surface area contributed by atoms with Crippen LogP contribution < -0.4 is 9.47 Å². The van der Waals surface area contributed by atoms with Crippen molar-refractivity contribution in [3.05, 3.63) is 46.5 Å². The average Bonchev–Trinajstić information content (AvgIpc) is 2.89. The molecule has 0 atom stereocenters. The number of para-hydroxylation sites is 2. The third kappa shape index (κ3) is 1.59. The summed E-state index contributed by atoms with van der Waals surface area (Å²) in [5, 5.41) is 0. The number of benzene rings is 2. The number of rotatable bonds is 1. The summed E-state index contributed by atoms with van der Waals surface area (Å²) in [5.41, 5.74) is 3.34. The number of esters is 1. The van der Waals surface area contributed by atoms with E-state index in [-0.39, 0.29) is 5.97 Å². The highest BCUT2D eigenvalue weighted by atomic mass is 16.6. The molecular formula is C17H14O4. The molecule has 0 radical (unpaired) electrons. The quantitative estimate of drug-likeness (QED) is 0.630. The second-order valence-corrected chi connectivity index (χ2v) is 5.20. The highest BCUT2D eigenvalue weighted by Gasteiger charge is 2.34. The van der Waals surface area contributed by atoms with Gasteiger partial charge in [0.2, 0.25) is 0 Å². The van der Waals surface area contributed by atoms with Crippen LogP contribution in [0.15, 0.2) is 24.3 Å². The molecule has 0 amide bonds. The molecule has 0 spiro atoms. The van der Waals surface area contributed by atoms with Gasteiger partial charge in [0, 0.05) is 16.7 Å². The third-order valence-electron chi connectivity index (χ3n) is 4.06. The van der Waals surface area contributed by atoms with Gasteiger partial charge in [-0.15, -0.1) is 0 Å². The maximum absolute atomic E-state index is 12.0. The Labute approximate surface area is 122 Å².